The largest absolute Gasteiger partial charge is 0.349 e. The van der Waals surface area contributed by atoms with Gasteiger partial charge in [0.1, 0.15) is 11.8 Å². The molecule has 0 amide bonds. The van der Waals surface area contributed by atoms with Crippen LogP contribution in [0.2, 0.25) is 0 Å². The smallest absolute Gasteiger partial charge is 0.222 e. The molecule has 1 saturated heterocycles. The lowest BCUT2D eigenvalue weighted by Gasteiger charge is -2.65. The normalized spacial score (nSPS) is 50.4. The second-order valence-corrected chi connectivity index (χ2v) is 12.8. The van der Waals surface area contributed by atoms with Gasteiger partial charge in [0.05, 0.1) is 10.3 Å². The fourth-order valence-electron chi connectivity index (χ4n) is 7.97. The molecule has 10 heteroatoms. The van der Waals surface area contributed by atoms with Gasteiger partial charge in [0, 0.05) is 23.5 Å². The third-order valence-corrected chi connectivity index (χ3v) is 11.2. The van der Waals surface area contributed by atoms with Crippen molar-refractivity contribution in [3.8, 4) is 0 Å². The van der Waals surface area contributed by atoms with Gasteiger partial charge in [-0.05, 0) is 57.4 Å². The number of alkyl halides is 3. The maximum absolute atomic E-state index is 15.8. The predicted molar refractivity (Wildman–Crippen MR) is 128 cm³/mol. The fourth-order valence-corrected chi connectivity index (χ4v) is 9.16. The third-order valence-electron chi connectivity index (χ3n) is 9.66. The number of hydrogen-bond donors (Lipinski definition) is 0. The molecule has 4 aliphatic carbocycles. The lowest BCUT2D eigenvalue weighted by atomic mass is 9.46. The molecule has 6 nitrogen and oxygen atoms in total. The first-order chi connectivity index (χ1) is 16.7. The van der Waals surface area contributed by atoms with Gasteiger partial charge in [0.2, 0.25) is 17.9 Å². The molecule has 200 valence electrons. The van der Waals surface area contributed by atoms with Crippen LogP contribution in [0.3, 0.4) is 0 Å². The van der Waals surface area contributed by atoms with Gasteiger partial charge in [-0.25, -0.2) is 8.78 Å². The molecule has 3 saturated carbocycles. The molecule has 5 aliphatic rings. The van der Waals surface area contributed by atoms with E-state index in [4.69, 9.17) is 42.1 Å². The maximum Gasteiger partial charge on any atom is 0.222 e. The molecule has 0 aromatic heterocycles. The molecule has 0 radical (unpaired) electrons. The van der Waals surface area contributed by atoms with Gasteiger partial charge >= 0.3 is 0 Å². The number of carbonyl (C=O) groups excluding carboxylic acids is 2. The minimum absolute atomic E-state index is 0.110. The number of Topliss-reactive ketones (excluding diaryl/α,β-unsaturated/α-hetero) is 1. The minimum atomic E-state index is -1.72. The third kappa shape index (κ3) is 3.21. The van der Waals surface area contributed by atoms with Crippen LogP contribution in [0.1, 0.15) is 53.4 Å². The van der Waals surface area contributed by atoms with Crippen molar-refractivity contribution in [3.63, 3.8) is 0 Å². The predicted octanol–water partition coefficient (Wildman–Crippen LogP) is 5.16. The number of halogens is 4. The van der Waals surface area contributed by atoms with E-state index >= 15 is 8.78 Å². The highest BCUT2D eigenvalue weighted by Crippen LogP contribution is 2.73. The van der Waals surface area contributed by atoms with E-state index in [1.54, 1.807) is 20.8 Å². The second-order valence-electron chi connectivity index (χ2n) is 11.6. The van der Waals surface area contributed by atoms with Crippen LogP contribution in [-0.4, -0.2) is 59.6 Å². The summed E-state index contributed by atoms with van der Waals surface area (Å²) in [6.07, 6.45) is 0.647. The van der Waals surface area contributed by atoms with Crippen LogP contribution in [-0.2, 0) is 28.5 Å². The Morgan fingerprint density at radius 2 is 1.86 bits per heavy atom. The Morgan fingerprint density at radius 3 is 2.53 bits per heavy atom. The van der Waals surface area contributed by atoms with Gasteiger partial charge in [-0.2, -0.15) is 0 Å². The van der Waals surface area contributed by atoms with Crippen molar-refractivity contribution >= 4 is 34.8 Å². The average molecular weight is 549 g/mol. The maximum atomic E-state index is 15.8. The Bertz CT molecular complexity index is 1060. The molecule has 0 N–H and O–H groups in total. The van der Waals surface area contributed by atoms with Crippen molar-refractivity contribution in [3.05, 3.63) is 23.6 Å². The van der Waals surface area contributed by atoms with Crippen LogP contribution >= 0.6 is 23.2 Å². The quantitative estimate of drug-likeness (QED) is 0.422. The van der Waals surface area contributed by atoms with Gasteiger partial charge in [-0.15, -0.1) is 23.2 Å². The molecule has 1 spiro atoms. The summed E-state index contributed by atoms with van der Waals surface area (Å²) >= 11 is 14.5. The number of fused-ring (bicyclic) bond motifs is 6. The number of carbonyl (C=O) groups is 2. The van der Waals surface area contributed by atoms with Gasteiger partial charge in [0.15, 0.2) is 18.4 Å². The highest BCUT2D eigenvalue weighted by atomic mass is 35.5. The zero-order chi connectivity index (χ0) is 26.5. The first kappa shape index (κ1) is 26.7. The van der Waals surface area contributed by atoms with E-state index in [1.807, 2.05) is 6.92 Å². The Balaban J connectivity index is 1.64. The van der Waals surface area contributed by atoms with Crippen molar-refractivity contribution in [1.29, 1.82) is 0 Å². The fraction of sp³-hybridized carbons (Fsp3) is 0.769. The van der Waals surface area contributed by atoms with Crippen LogP contribution in [0.4, 0.5) is 8.78 Å². The molecule has 4 fully saturated rings. The van der Waals surface area contributed by atoms with Crippen molar-refractivity contribution in [2.75, 3.05) is 13.9 Å². The Labute approximate surface area is 219 Å². The summed E-state index contributed by atoms with van der Waals surface area (Å²) in [4.78, 5) is 24.8. The summed E-state index contributed by atoms with van der Waals surface area (Å²) in [5, 5.41) is -0.800. The lowest BCUT2D eigenvalue weighted by Crippen LogP contribution is -2.70. The summed E-state index contributed by atoms with van der Waals surface area (Å²) in [6.45, 7) is 6.83. The number of ketones is 2. The standard InChI is InChI=1S/C26H32Cl2F2O6/c1-22(2)35-12-34-21(33-5)20(32)25(36-22)9-6-13-14-10-15(29)18-19(30)16(31)7-8-23(18,3)26(14,28)17(27)11-24(13,25)4/h7-8,13-15,17,21H,6,9-12H2,1-5H3/t13-,14-,15-,17-,21?,23-,24-,25-,26-/m0/s1. The van der Waals surface area contributed by atoms with E-state index in [-0.39, 0.29) is 36.9 Å². The van der Waals surface area contributed by atoms with Crippen LogP contribution in [0, 0.1) is 22.7 Å². The monoisotopic (exact) mass is 548 g/mol. The van der Waals surface area contributed by atoms with Gasteiger partial charge in [0.25, 0.3) is 0 Å². The minimum Gasteiger partial charge on any atom is -0.349 e. The first-order valence-corrected chi connectivity index (χ1v) is 13.1. The van der Waals surface area contributed by atoms with Crippen LogP contribution in [0.25, 0.3) is 0 Å². The number of rotatable bonds is 1. The SMILES string of the molecule is COC1OCOC(C)(C)O[C@@]2(CC[C@H]3[C@@H]4C[C@H](F)C5=C(F)C(=O)C=C[C@]5(C)[C@@]4(Cl)[C@@H](Cl)C[C@@]32C)C1=O. The summed E-state index contributed by atoms with van der Waals surface area (Å²) in [5.41, 5.74) is -3.81. The molecule has 5 rings (SSSR count). The van der Waals surface area contributed by atoms with Crippen molar-refractivity contribution < 1.29 is 37.3 Å². The van der Waals surface area contributed by atoms with Gasteiger partial charge < -0.3 is 18.9 Å². The Morgan fingerprint density at radius 1 is 1.17 bits per heavy atom. The van der Waals surface area contributed by atoms with E-state index in [1.165, 1.54) is 13.2 Å². The highest BCUT2D eigenvalue weighted by Gasteiger charge is 2.76. The molecule has 36 heavy (non-hydrogen) atoms. The van der Waals surface area contributed by atoms with E-state index in [0.717, 1.165) is 6.08 Å². The van der Waals surface area contributed by atoms with E-state index in [0.29, 0.717) is 12.8 Å². The zero-order valence-electron chi connectivity index (χ0n) is 21.0. The highest BCUT2D eigenvalue weighted by molar-refractivity contribution is 6.34. The second kappa shape index (κ2) is 8.30. The van der Waals surface area contributed by atoms with Crippen molar-refractivity contribution in [1.82, 2.24) is 0 Å². The molecule has 1 aliphatic heterocycles. The molecule has 1 heterocycles. The van der Waals surface area contributed by atoms with Gasteiger partial charge in [-0.3, -0.25) is 9.59 Å². The van der Waals surface area contributed by atoms with Crippen molar-refractivity contribution in [2.45, 2.75) is 87.5 Å². The van der Waals surface area contributed by atoms with Gasteiger partial charge in [-0.1, -0.05) is 19.9 Å². The number of hydrogen-bond acceptors (Lipinski definition) is 6. The first-order valence-electron chi connectivity index (χ1n) is 12.3. The molecule has 1 unspecified atom stereocenters. The van der Waals surface area contributed by atoms with E-state index in [9.17, 15) is 9.59 Å². The van der Waals surface area contributed by atoms with Crippen LogP contribution in [0.5, 0.6) is 0 Å². The topological polar surface area (TPSA) is 71.1 Å². The van der Waals surface area contributed by atoms with E-state index in [2.05, 4.69) is 0 Å². The zero-order valence-corrected chi connectivity index (χ0v) is 22.6. The summed E-state index contributed by atoms with van der Waals surface area (Å²) < 4.78 is 54.0. The van der Waals surface area contributed by atoms with E-state index < -0.39 is 62.5 Å². The molecular formula is C26H32Cl2F2O6. The Hall–Kier alpha value is -0.900. The van der Waals surface area contributed by atoms with Crippen LogP contribution < -0.4 is 0 Å². The van der Waals surface area contributed by atoms with Crippen LogP contribution in [0.15, 0.2) is 23.6 Å². The Kier molecular flexibility index (Phi) is 6.15. The number of methoxy groups -OCH3 is 1. The molecule has 0 aromatic carbocycles. The molecule has 9 atom stereocenters. The number of allylic oxidation sites excluding steroid dienone is 4. The summed E-state index contributed by atoms with van der Waals surface area (Å²) in [6, 6.07) is 0. The summed E-state index contributed by atoms with van der Waals surface area (Å²) in [7, 11) is 1.38. The number of ether oxygens (including phenoxy) is 4. The molecule has 0 aromatic rings. The summed E-state index contributed by atoms with van der Waals surface area (Å²) in [5.74, 6) is -4.29. The molecule has 0 bridgehead atoms. The average Bonchev–Trinajstić information content (AvgIpc) is 3.07. The lowest BCUT2D eigenvalue weighted by molar-refractivity contribution is -0.341. The molecular weight excluding hydrogens is 517 g/mol. The van der Waals surface area contributed by atoms with Crippen molar-refractivity contribution in [2.24, 2.45) is 22.7 Å².